The Morgan fingerprint density at radius 2 is 1.84 bits per heavy atom. The molecule has 19 heavy (non-hydrogen) atoms. The van der Waals surface area contributed by atoms with Crippen LogP contribution >= 0.6 is 11.6 Å². The van der Waals surface area contributed by atoms with Gasteiger partial charge in [-0.25, -0.2) is 8.78 Å². The Morgan fingerprint density at radius 1 is 1.11 bits per heavy atom. The zero-order valence-electron chi connectivity index (χ0n) is 10.7. The fourth-order valence-corrected chi connectivity index (χ4v) is 2.12. The molecule has 4 heteroatoms. The summed E-state index contributed by atoms with van der Waals surface area (Å²) in [4.78, 5) is 0. The summed E-state index contributed by atoms with van der Waals surface area (Å²) in [5, 5.41) is 3.25. The summed E-state index contributed by atoms with van der Waals surface area (Å²) >= 11 is 5.75. The topological polar surface area (TPSA) is 12.0 Å². The minimum absolute atomic E-state index is 0.0848. The molecular formula is C15H14ClF2N. The van der Waals surface area contributed by atoms with Crippen molar-refractivity contribution >= 4 is 17.3 Å². The van der Waals surface area contributed by atoms with Crippen LogP contribution in [0.4, 0.5) is 14.5 Å². The summed E-state index contributed by atoms with van der Waals surface area (Å²) < 4.78 is 26.4. The maximum atomic E-state index is 13.3. The second-order valence-corrected chi connectivity index (χ2v) is 4.96. The van der Waals surface area contributed by atoms with E-state index in [-0.39, 0.29) is 16.9 Å². The van der Waals surface area contributed by atoms with E-state index in [4.69, 9.17) is 11.6 Å². The summed E-state index contributed by atoms with van der Waals surface area (Å²) in [6.45, 7) is 3.73. The molecule has 0 amide bonds. The van der Waals surface area contributed by atoms with Gasteiger partial charge in [-0.1, -0.05) is 17.7 Å². The molecule has 0 aliphatic rings. The quantitative estimate of drug-likeness (QED) is 0.825. The minimum Gasteiger partial charge on any atom is -0.378 e. The Hall–Kier alpha value is -1.61. The summed E-state index contributed by atoms with van der Waals surface area (Å²) in [6.07, 6.45) is 0. The third-order valence-corrected chi connectivity index (χ3v) is 3.16. The highest BCUT2D eigenvalue weighted by molar-refractivity contribution is 6.30. The summed E-state index contributed by atoms with van der Waals surface area (Å²) in [7, 11) is 0. The molecule has 0 saturated carbocycles. The fraction of sp³-hybridized carbons (Fsp3) is 0.200. The molecule has 2 rings (SSSR count). The largest absolute Gasteiger partial charge is 0.378 e. The van der Waals surface area contributed by atoms with E-state index >= 15 is 0 Å². The Morgan fingerprint density at radius 3 is 2.47 bits per heavy atom. The van der Waals surface area contributed by atoms with Gasteiger partial charge in [-0.15, -0.1) is 0 Å². The van der Waals surface area contributed by atoms with Crippen molar-refractivity contribution in [1.29, 1.82) is 0 Å². The molecule has 0 spiro atoms. The SMILES string of the molecule is Cc1cc(F)cc(NC(C)c2ccc(F)c(Cl)c2)c1. The molecule has 0 fully saturated rings. The molecule has 0 heterocycles. The molecule has 0 aliphatic heterocycles. The highest BCUT2D eigenvalue weighted by Gasteiger charge is 2.09. The monoisotopic (exact) mass is 281 g/mol. The van der Waals surface area contributed by atoms with Crippen molar-refractivity contribution < 1.29 is 8.78 Å². The van der Waals surface area contributed by atoms with Crippen molar-refractivity contribution in [3.63, 3.8) is 0 Å². The molecule has 1 unspecified atom stereocenters. The molecule has 1 nitrogen and oxygen atoms in total. The lowest BCUT2D eigenvalue weighted by molar-refractivity contribution is 0.626. The fourth-order valence-electron chi connectivity index (χ4n) is 1.93. The Balaban J connectivity index is 2.20. The van der Waals surface area contributed by atoms with Gasteiger partial charge in [-0.2, -0.15) is 0 Å². The number of hydrogen-bond donors (Lipinski definition) is 1. The number of nitrogens with one attached hydrogen (secondary N) is 1. The first-order chi connectivity index (χ1) is 8.95. The third-order valence-electron chi connectivity index (χ3n) is 2.87. The smallest absolute Gasteiger partial charge is 0.141 e. The van der Waals surface area contributed by atoms with Crippen LogP contribution < -0.4 is 5.32 Å². The Labute approximate surface area is 116 Å². The maximum Gasteiger partial charge on any atom is 0.141 e. The van der Waals surface area contributed by atoms with Crippen molar-refractivity contribution in [3.05, 3.63) is 64.2 Å². The van der Waals surface area contributed by atoms with Crippen LogP contribution in [0.1, 0.15) is 24.1 Å². The summed E-state index contributed by atoms with van der Waals surface area (Å²) in [5.74, 6) is -0.731. The third kappa shape index (κ3) is 3.44. The van der Waals surface area contributed by atoms with Crippen molar-refractivity contribution in [2.24, 2.45) is 0 Å². The number of halogens is 3. The second-order valence-electron chi connectivity index (χ2n) is 4.56. The van der Waals surface area contributed by atoms with Gasteiger partial charge in [-0.05, 0) is 55.3 Å². The highest BCUT2D eigenvalue weighted by atomic mass is 35.5. The van der Waals surface area contributed by atoms with E-state index in [9.17, 15) is 8.78 Å². The lowest BCUT2D eigenvalue weighted by atomic mass is 10.1. The number of rotatable bonds is 3. The molecule has 0 bridgehead atoms. The number of hydrogen-bond acceptors (Lipinski definition) is 1. The van der Waals surface area contributed by atoms with Gasteiger partial charge in [-0.3, -0.25) is 0 Å². The van der Waals surface area contributed by atoms with Gasteiger partial charge < -0.3 is 5.32 Å². The number of aryl methyl sites for hydroxylation is 1. The average molecular weight is 282 g/mol. The Bertz CT molecular complexity index is 578. The van der Waals surface area contributed by atoms with Gasteiger partial charge in [0.15, 0.2) is 0 Å². The lowest BCUT2D eigenvalue weighted by Crippen LogP contribution is -2.07. The van der Waals surface area contributed by atoms with E-state index in [2.05, 4.69) is 5.32 Å². The molecule has 0 aliphatic carbocycles. The highest BCUT2D eigenvalue weighted by Crippen LogP contribution is 2.24. The normalized spacial score (nSPS) is 12.3. The predicted molar refractivity (Wildman–Crippen MR) is 74.6 cm³/mol. The molecule has 1 N–H and O–H groups in total. The van der Waals surface area contributed by atoms with E-state index in [0.29, 0.717) is 5.69 Å². The van der Waals surface area contributed by atoms with Crippen molar-refractivity contribution in [1.82, 2.24) is 0 Å². The van der Waals surface area contributed by atoms with Crippen LogP contribution in [0, 0.1) is 18.6 Å². The van der Waals surface area contributed by atoms with Gasteiger partial charge in [0.2, 0.25) is 0 Å². The maximum absolute atomic E-state index is 13.3. The number of anilines is 1. The molecule has 0 aromatic heterocycles. The van der Waals surface area contributed by atoms with Crippen molar-refractivity contribution in [3.8, 4) is 0 Å². The van der Waals surface area contributed by atoms with Crippen LogP contribution in [0.25, 0.3) is 0 Å². The molecule has 2 aromatic rings. The minimum atomic E-state index is -0.445. The van der Waals surface area contributed by atoms with E-state index in [0.717, 1.165) is 11.1 Å². The zero-order valence-corrected chi connectivity index (χ0v) is 11.4. The van der Waals surface area contributed by atoms with Crippen LogP contribution in [0.5, 0.6) is 0 Å². The van der Waals surface area contributed by atoms with Crippen LogP contribution in [0.15, 0.2) is 36.4 Å². The van der Waals surface area contributed by atoms with E-state index < -0.39 is 5.82 Å². The number of benzene rings is 2. The first kappa shape index (κ1) is 13.8. The Kier molecular flexibility index (Phi) is 4.05. The average Bonchev–Trinajstić information content (AvgIpc) is 2.31. The molecular weight excluding hydrogens is 268 g/mol. The van der Waals surface area contributed by atoms with Crippen molar-refractivity contribution in [2.75, 3.05) is 5.32 Å². The summed E-state index contributed by atoms with van der Waals surface area (Å²) in [6, 6.07) is 9.20. The molecule has 0 radical (unpaired) electrons. The molecule has 0 saturated heterocycles. The van der Waals surface area contributed by atoms with Gasteiger partial charge in [0.1, 0.15) is 11.6 Å². The molecule has 100 valence electrons. The van der Waals surface area contributed by atoms with E-state index in [1.807, 2.05) is 19.9 Å². The molecule has 1 atom stereocenters. The second kappa shape index (κ2) is 5.57. The molecule has 2 aromatic carbocycles. The van der Waals surface area contributed by atoms with Gasteiger partial charge in [0, 0.05) is 11.7 Å². The van der Waals surface area contributed by atoms with Gasteiger partial charge >= 0.3 is 0 Å². The lowest BCUT2D eigenvalue weighted by Gasteiger charge is -2.16. The van der Waals surface area contributed by atoms with E-state index in [1.165, 1.54) is 18.2 Å². The van der Waals surface area contributed by atoms with Crippen LogP contribution in [0.3, 0.4) is 0 Å². The predicted octanol–water partition coefficient (Wildman–Crippen LogP) is 5.10. The standard InChI is InChI=1S/C15H14ClF2N/c1-9-5-12(17)8-13(6-9)19-10(2)11-3-4-15(18)14(16)7-11/h3-8,10,19H,1-2H3. The van der Waals surface area contributed by atoms with Gasteiger partial charge in [0.25, 0.3) is 0 Å². The zero-order chi connectivity index (χ0) is 14.0. The van der Waals surface area contributed by atoms with Crippen LogP contribution in [-0.2, 0) is 0 Å². The first-order valence-electron chi connectivity index (χ1n) is 5.94. The van der Waals surface area contributed by atoms with Crippen molar-refractivity contribution in [2.45, 2.75) is 19.9 Å². The first-order valence-corrected chi connectivity index (χ1v) is 6.32. The summed E-state index contributed by atoms with van der Waals surface area (Å²) in [5.41, 5.74) is 2.37. The van der Waals surface area contributed by atoms with Crippen LogP contribution in [-0.4, -0.2) is 0 Å². The van der Waals surface area contributed by atoms with E-state index in [1.54, 1.807) is 12.1 Å². The van der Waals surface area contributed by atoms with Gasteiger partial charge in [0.05, 0.1) is 5.02 Å². The van der Waals surface area contributed by atoms with Crippen LogP contribution in [0.2, 0.25) is 5.02 Å².